The monoisotopic (exact) mass is 516 g/mol. The van der Waals surface area contributed by atoms with Crippen molar-refractivity contribution in [2.75, 3.05) is 31.6 Å². The third kappa shape index (κ3) is 8.92. The fourth-order valence-electron chi connectivity index (χ4n) is 2.44. The highest BCUT2D eigenvalue weighted by atomic mass is 127. The Morgan fingerprint density at radius 3 is 2.79 bits per heavy atom. The summed E-state index contributed by atoms with van der Waals surface area (Å²) in [5, 5.41) is 13.5. The van der Waals surface area contributed by atoms with Crippen LogP contribution in [0.2, 0.25) is 0 Å². The Bertz CT molecular complexity index is 738. The largest absolute Gasteiger partial charge is 0.492 e. The van der Waals surface area contributed by atoms with Gasteiger partial charge in [0.05, 0.1) is 6.54 Å². The van der Waals surface area contributed by atoms with Gasteiger partial charge in [-0.05, 0) is 41.4 Å². The van der Waals surface area contributed by atoms with E-state index >= 15 is 0 Å². The number of hydrogen-bond donors (Lipinski definition) is 3. The van der Waals surface area contributed by atoms with Gasteiger partial charge in [-0.3, -0.25) is 9.79 Å². The molecule has 6 nitrogen and oxygen atoms in total. The lowest BCUT2D eigenvalue weighted by Crippen LogP contribution is -2.39. The number of carbonyl (C=O) groups excluding carboxylic acids is 1. The number of thiophene rings is 1. The van der Waals surface area contributed by atoms with E-state index in [1.807, 2.05) is 31.2 Å². The Labute approximate surface area is 188 Å². The molecular weight excluding hydrogens is 487 g/mol. The van der Waals surface area contributed by atoms with Crippen LogP contribution in [0.1, 0.15) is 32.3 Å². The Morgan fingerprint density at radius 2 is 2.11 bits per heavy atom. The van der Waals surface area contributed by atoms with Crippen LogP contribution in [-0.2, 0) is 4.79 Å². The molecule has 1 aromatic carbocycles. The van der Waals surface area contributed by atoms with Crippen LogP contribution in [0.4, 0.5) is 5.69 Å². The topological polar surface area (TPSA) is 74.8 Å². The molecule has 0 bridgehead atoms. The number of carbonyl (C=O) groups is 1. The van der Waals surface area contributed by atoms with Gasteiger partial charge in [0.1, 0.15) is 12.4 Å². The lowest BCUT2D eigenvalue weighted by atomic mass is 10.1. The van der Waals surface area contributed by atoms with Crippen LogP contribution in [0.3, 0.4) is 0 Å². The van der Waals surface area contributed by atoms with Gasteiger partial charge in [0, 0.05) is 37.7 Å². The summed E-state index contributed by atoms with van der Waals surface area (Å²) in [4.78, 5) is 15.8. The molecule has 1 atom stereocenters. The predicted molar refractivity (Wildman–Crippen MR) is 128 cm³/mol. The maximum Gasteiger partial charge on any atom is 0.221 e. The molecular formula is C20H29IN4O2S. The first-order valence-electron chi connectivity index (χ1n) is 9.13. The number of anilines is 1. The van der Waals surface area contributed by atoms with Crippen molar-refractivity contribution in [1.82, 2.24) is 10.6 Å². The van der Waals surface area contributed by atoms with E-state index in [4.69, 9.17) is 4.74 Å². The van der Waals surface area contributed by atoms with Crippen LogP contribution in [-0.4, -0.2) is 38.1 Å². The van der Waals surface area contributed by atoms with E-state index in [1.165, 1.54) is 12.5 Å². The first kappa shape index (κ1) is 24.2. The summed E-state index contributed by atoms with van der Waals surface area (Å²) in [5.74, 6) is 1.79. The van der Waals surface area contributed by atoms with Crippen LogP contribution in [0.15, 0.2) is 46.1 Å². The van der Waals surface area contributed by atoms with E-state index < -0.39 is 0 Å². The molecule has 0 aliphatic rings. The first-order valence-corrected chi connectivity index (χ1v) is 10.1. The van der Waals surface area contributed by atoms with Gasteiger partial charge in [0.2, 0.25) is 5.91 Å². The van der Waals surface area contributed by atoms with Crippen LogP contribution >= 0.6 is 35.3 Å². The van der Waals surface area contributed by atoms with Crippen molar-refractivity contribution in [2.45, 2.75) is 26.7 Å². The zero-order valence-electron chi connectivity index (χ0n) is 16.5. The molecule has 1 amide bonds. The van der Waals surface area contributed by atoms with Gasteiger partial charge in [-0.15, -0.1) is 24.0 Å². The molecule has 28 heavy (non-hydrogen) atoms. The summed E-state index contributed by atoms with van der Waals surface area (Å²) in [6.07, 6.45) is 0. The molecule has 154 valence electrons. The van der Waals surface area contributed by atoms with E-state index in [0.29, 0.717) is 19.1 Å². The third-order valence-corrected chi connectivity index (χ3v) is 4.50. The average Bonchev–Trinajstić information content (AvgIpc) is 3.17. The Hall–Kier alpha value is -1.81. The molecule has 1 unspecified atom stereocenters. The molecule has 0 aliphatic heterocycles. The summed E-state index contributed by atoms with van der Waals surface area (Å²) < 4.78 is 5.75. The van der Waals surface area contributed by atoms with Gasteiger partial charge in [-0.25, -0.2) is 0 Å². The minimum absolute atomic E-state index is 0. The maximum atomic E-state index is 11.1. The van der Waals surface area contributed by atoms with Crippen molar-refractivity contribution in [3.63, 3.8) is 0 Å². The Morgan fingerprint density at radius 1 is 1.29 bits per heavy atom. The third-order valence-electron chi connectivity index (χ3n) is 3.80. The molecule has 1 aromatic heterocycles. The van der Waals surface area contributed by atoms with Gasteiger partial charge in [0.15, 0.2) is 5.96 Å². The van der Waals surface area contributed by atoms with Crippen LogP contribution in [0, 0.1) is 0 Å². The SMILES string of the molecule is CCNC(=NCC(C)c1ccsc1)NCCOc1cccc(NC(C)=O)c1.I. The lowest BCUT2D eigenvalue weighted by molar-refractivity contribution is -0.114. The van der Waals surface area contributed by atoms with Gasteiger partial charge < -0.3 is 20.7 Å². The molecule has 3 N–H and O–H groups in total. The second kappa shape index (κ2) is 13.4. The zero-order valence-corrected chi connectivity index (χ0v) is 19.7. The van der Waals surface area contributed by atoms with Gasteiger partial charge >= 0.3 is 0 Å². The van der Waals surface area contributed by atoms with Gasteiger partial charge in [-0.1, -0.05) is 13.0 Å². The molecule has 1 heterocycles. The second-order valence-corrected chi connectivity index (χ2v) is 6.94. The van der Waals surface area contributed by atoms with Crippen molar-refractivity contribution >= 4 is 52.9 Å². The normalized spacial score (nSPS) is 11.9. The van der Waals surface area contributed by atoms with E-state index in [1.54, 1.807) is 11.3 Å². The molecule has 0 radical (unpaired) electrons. The van der Waals surface area contributed by atoms with Gasteiger partial charge in [-0.2, -0.15) is 11.3 Å². The van der Waals surface area contributed by atoms with Gasteiger partial charge in [0.25, 0.3) is 0 Å². The molecule has 0 spiro atoms. The van der Waals surface area contributed by atoms with Crippen LogP contribution in [0.5, 0.6) is 5.75 Å². The summed E-state index contributed by atoms with van der Waals surface area (Å²) in [6, 6.07) is 9.51. The number of nitrogens with zero attached hydrogens (tertiary/aromatic N) is 1. The van der Waals surface area contributed by atoms with Crippen molar-refractivity contribution in [2.24, 2.45) is 4.99 Å². The van der Waals surface area contributed by atoms with Crippen molar-refractivity contribution in [1.29, 1.82) is 0 Å². The summed E-state index contributed by atoms with van der Waals surface area (Å²) in [5.41, 5.74) is 2.05. The Balaban J connectivity index is 0.00000392. The number of nitrogens with one attached hydrogen (secondary N) is 3. The van der Waals surface area contributed by atoms with E-state index in [-0.39, 0.29) is 29.9 Å². The molecule has 0 saturated heterocycles. The fourth-order valence-corrected chi connectivity index (χ4v) is 3.22. The molecule has 8 heteroatoms. The molecule has 2 rings (SSSR count). The lowest BCUT2D eigenvalue weighted by Gasteiger charge is -2.14. The minimum atomic E-state index is -0.100. The highest BCUT2D eigenvalue weighted by molar-refractivity contribution is 14.0. The van der Waals surface area contributed by atoms with Crippen molar-refractivity contribution in [3.05, 3.63) is 46.7 Å². The predicted octanol–water partition coefficient (Wildman–Crippen LogP) is 4.06. The number of hydrogen-bond acceptors (Lipinski definition) is 4. The number of benzene rings is 1. The van der Waals surface area contributed by atoms with Crippen LogP contribution < -0.4 is 20.7 Å². The van der Waals surface area contributed by atoms with E-state index in [2.05, 4.69) is 44.7 Å². The van der Waals surface area contributed by atoms with Crippen LogP contribution in [0.25, 0.3) is 0 Å². The molecule has 2 aromatic rings. The van der Waals surface area contributed by atoms with Crippen molar-refractivity contribution in [3.8, 4) is 5.75 Å². The maximum absolute atomic E-state index is 11.1. The smallest absolute Gasteiger partial charge is 0.221 e. The summed E-state index contributed by atoms with van der Waals surface area (Å²) >= 11 is 1.71. The zero-order chi connectivity index (χ0) is 19.5. The average molecular weight is 516 g/mol. The summed E-state index contributed by atoms with van der Waals surface area (Å²) in [6.45, 7) is 8.36. The van der Waals surface area contributed by atoms with E-state index in [0.717, 1.165) is 30.5 Å². The number of guanidine groups is 1. The standard InChI is InChI=1S/C20H28N4O2S.HI/c1-4-21-20(23-13-15(2)17-8-11-27-14-17)22-9-10-26-19-7-5-6-18(12-19)24-16(3)25;/h5-8,11-12,14-15H,4,9-10,13H2,1-3H3,(H,24,25)(H2,21,22,23);1H. The number of rotatable bonds is 9. The number of amides is 1. The first-order chi connectivity index (χ1) is 13.1. The van der Waals surface area contributed by atoms with Crippen molar-refractivity contribution < 1.29 is 9.53 Å². The molecule has 0 aliphatic carbocycles. The summed E-state index contributed by atoms with van der Waals surface area (Å²) in [7, 11) is 0. The quantitative estimate of drug-likeness (QED) is 0.204. The Kier molecular flexibility index (Phi) is 11.6. The molecule has 0 saturated carbocycles. The molecule has 0 fully saturated rings. The number of ether oxygens (including phenoxy) is 1. The second-order valence-electron chi connectivity index (χ2n) is 6.16. The number of aliphatic imine (C=N–C) groups is 1. The number of halogens is 1. The fraction of sp³-hybridized carbons (Fsp3) is 0.400. The minimum Gasteiger partial charge on any atom is -0.492 e. The highest BCUT2D eigenvalue weighted by Gasteiger charge is 2.06. The highest BCUT2D eigenvalue weighted by Crippen LogP contribution is 2.18. The van der Waals surface area contributed by atoms with E-state index in [9.17, 15) is 4.79 Å².